The number of allylic oxidation sites excluding steroid dienone is 1. The van der Waals surface area contributed by atoms with Gasteiger partial charge in [-0.1, -0.05) is 6.08 Å². The first-order valence-electron chi connectivity index (χ1n) is 5.57. The van der Waals surface area contributed by atoms with E-state index < -0.39 is 5.60 Å². The molecule has 2 atom stereocenters. The third kappa shape index (κ3) is 2.10. The molecule has 0 aromatic carbocycles. The minimum Gasteiger partial charge on any atom is -0.444 e. The van der Waals surface area contributed by atoms with Crippen molar-refractivity contribution >= 4 is 11.9 Å². The topological polar surface area (TPSA) is 46.6 Å². The van der Waals surface area contributed by atoms with Crippen LogP contribution < -0.4 is 0 Å². The van der Waals surface area contributed by atoms with Gasteiger partial charge in [0.15, 0.2) is 5.78 Å². The highest BCUT2D eigenvalue weighted by molar-refractivity contribution is 5.95. The summed E-state index contributed by atoms with van der Waals surface area (Å²) < 4.78 is 5.27. The van der Waals surface area contributed by atoms with Crippen molar-refractivity contribution in [3.8, 4) is 0 Å². The molecule has 0 saturated carbocycles. The Morgan fingerprint density at radius 3 is 2.69 bits per heavy atom. The molecule has 1 heterocycles. The van der Waals surface area contributed by atoms with Crippen LogP contribution in [0.3, 0.4) is 0 Å². The number of hydrogen-bond acceptors (Lipinski definition) is 3. The maximum Gasteiger partial charge on any atom is 0.410 e. The Hall–Kier alpha value is -1.32. The fraction of sp³-hybridized carbons (Fsp3) is 0.667. The van der Waals surface area contributed by atoms with Crippen LogP contribution in [-0.4, -0.2) is 35.5 Å². The van der Waals surface area contributed by atoms with Crippen LogP contribution >= 0.6 is 0 Å². The molecule has 1 saturated heterocycles. The van der Waals surface area contributed by atoms with Gasteiger partial charge in [-0.05, 0) is 26.8 Å². The number of carbonyl (C=O) groups is 2. The van der Waals surface area contributed by atoms with E-state index in [1.54, 1.807) is 11.0 Å². The van der Waals surface area contributed by atoms with Crippen molar-refractivity contribution in [2.45, 2.75) is 26.4 Å². The molecule has 0 unspecified atom stereocenters. The zero-order chi connectivity index (χ0) is 11.9. The Bertz CT molecular complexity index is 354. The molecule has 1 aliphatic carbocycles. The van der Waals surface area contributed by atoms with Crippen LogP contribution in [-0.2, 0) is 9.53 Å². The normalized spacial score (nSPS) is 28.4. The summed E-state index contributed by atoms with van der Waals surface area (Å²) in [4.78, 5) is 24.8. The van der Waals surface area contributed by atoms with Crippen LogP contribution in [0.15, 0.2) is 12.2 Å². The average molecular weight is 223 g/mol. The van der Waals surface area contributed by atoms with E-state index in [4.69, 9.17) is 4.74 Å². The Morgan fingerprint density at radius 1 is 1.44 bits per heavy atom. The summed E-state index contributed by atoms with van der Waals surface area (Å²) in [5.74, 6) is 0.295. The van der Waals surface area contributed by atoms with Gasteiger partial charge in [0.25, 0.3) is 0 Å². The van der Waals surface area contributed by atoms with Crippen molar-refractivity contribution in [1.82, 2.24) is 4.90 Å². The molecular formula is C12H17NO3. The predicted octanol–water partition coefficient (Wildman–Crippen LogP) is 1.61. The molecule has 0 radical (unpaired) electrons. The molecule has 1 fully saturated rings. The van der Waals surface area contributed by atoms with E-state index in [2.05, 4.69) is 0 Å². The molecule has 0 aromatic rings. The molecule has 0 aromatic heterocycles. The number of ether oxygens (including phenoxy) is 1. The van der Waals surface area contributed by atoms with Gasteiger partial charge >= 0.3 is 6.09 Å². The van der Waals surface area contributed by atoms with Crippen molar-refractivity contribution < 1.29 is 14.3 Å². The fourth-order valence-corrected chi connectivity index (χ4v) is 2.14. The van der Waals surface area contributed by atoms with Crippen molar-refractivity contribution in [2.75, 3.05) is 13.1 Å². The maximum absolute atomic E-state index is 11.8. The average Bonchev–Trinajstić information content (AvgIpc) is 2.65. The molecule has 2 rings (SSSR count). The number of hydrogen-bond donors (Lipinski definition) is 0. The summed E-state index contributed by atoms with van der Waals surface area (Å²) in [5.41, 5.74) is -0.478. The van der Waals surface area contributed by atoms with E-state index in [9.17, 15) is 9.59 Å². The van der Waals surface area contributed by atoms with Gasteiger partial charge in [0.05, 0.1) is 0 Å². The SMILES string of the molecule is CC(C)(C)OC(=O)N1C[C@H]2C=CC(=O)[C@@H]2C1. The highest BCUT2D eigenvalue weighted by Crippen LogP contribution is 2.31. The summed E-state index contributed by atoms with van der Waals surface area (Å²) in [6, 6.07) is 0. The lowest BCUT2D eigenvalue weighted by atomic mass is 10.00. The molecule has 1 amide bonds. The van der Waals surface area contributed by atoms with Crippen molar-refractivity contribution in [3.63, 3.8) is 0 Å². The molecular weight excluding hydrogens is 206 g/mol. The number of carbonyl (C=O) groups excluding carboxylic acids is 2. The second-order valence-electron chi connectivity index (χ2n) is 5.42. The van der Waals surface area contributed by atoms with Gasteiger partial charge in [0.2, 0.25) is 0 Å². The number of rotatable bonds is 0. The predicted molar refractivity (Wildman–Crippen MR) is 58.9 cm³/mol. The second kappa shape index (κ2) is 3.61. The van der Waals surface area contributed by atoms with E-state index >= 15 is 0 Å². The number of nitrogens with zero attached hydrogens (tertiary/aromatic N) is 1. The highest BCUT2D eigenvalue weighted by Gasteiger charge is 2.41. The standard InChI is InChI=1S/C12H17NO3/c1-12(2,3)16-11(15)13-6-8-4-5-10(14)9(8)7-13/h4-5,8-9H,6-7H2,1-3H3/t8-,9-/m1/s1. The molecule has 4 nitrogen and oxygen atoms in total. The second-order valence-corrected chi connectivity index (χ2v) is 5.42. The van der Waals surface area contributed by atoms with E-state index in [0.29, 0.717) is 13.1 Å². The zero-order valence-electron chi connectivity index (χ0n) is 9.90. The van der Waals surface area contributed by atoms with E-state index in [1.807, 2.05) is 26.8 Å². The van der Waals surface area contributed by atoms with Crippen LogP contribution in [0, 0.1) is 11.8 Å². The zero-order valence-corrected chi connectivity index (χ0v) is 9.90. The van der Waals surface area contributed by atoms with Crippen molar-refractivity contribution in [2.24, 2.45) is 11.8 Å². The minimum absolute atomic E-state index is 0.0347. The van der Waals surface area contributed by atoms with Crippen LogP contribution in [0.1, 0.15) is 20.8 Å². The first-order chi connectivity index (χ1) is 7.37. The number of fused-ring (bicyclic) bond motifs is 1. The molecule has 0 spiro atoms. The highest BCUT2D eigenvalue weighted by atomic mass is 16.6. The molecule has 1 aliphatic heterocycles. The Labute approximate surface area is 95.2 Å². The maximum atomic E-state index is 11.8. The van der Waals surface area contributed by atoms with Crippen LogP contribution in [0.5, 0.6) is 0 Å². The lowest BCUT2D eigenvalue weighted by Crippen LogP contribution is -2.36. The van der Waals surface area contributed by atoms with Gasteiger partial charge in [-0.3, -0.25) is 4.79 Å². The Kier molecular flexibility index (Phi) is 2.52. The molecule has 88 valence electrons. The Morgan fingerprint density at radius 2 is 2.12 bits per heavy atom. The third-order valence-electron chi connectivity index (χ3n) is 2.89. The van der Waals surface area contributed by atoms with Gasteiger partial charge in [0.1, 0.15) is 5.60 Å². The van der Waals surface area contributed by atoms with E-state index in [-0.39, 0.29) is 23.7 Å². The van der Waals surface area contributed by atoms with Gasteiger partial charge in [-0.2, -0.15) is 0 Å². The third-order valence-corrected chi connectivity index (χ3v) is 2.89. The minimum atomic E-state index is -0.478. The summed E-state index contributed by atoms with van der Waals surface area (Å²) in [6.45, 7) is 6.61. The summed E-state index contributed by atoms with van der Waals surface area (Å²) in [5, 5.41) is 0. The first kappa shape index (κ1) is 11.2. The summed E-state index contributed by atoms with van der Waals surface area (Å²) >= 11 is 0. The molecule has 2 aliphatic rings. The number of ketones is 1. The van der Waals surface area contributed by atoms with Crippen molar-refractivity contribution in [1.29, 1.82) is 0 Å². The number of likely N-dealkylation sites (tertiary alicyclic amines) is 1. The number of amides is 1. The van der Waals surface area contributed by atoms with E-state index in [0.717, 1.165) is 0 Å². The quantitative estimate of drug-likeness (QED) is 0.626. The monoisotopic (exact) mass is 223 g/mol. The Balaban J connectivity index is 1.97. The van der Waals surface area contributed by atoms with Gasteiger partial charge < -0.3 is 9.64 Å². The van der Waals surface area contributed by atoms with E-state index in [1.165, 1.54) is 0 Å². The first-order valence-corrected chi connectivity index (χ1v) is 5.57. The smallest absolute Gasteiger partial charge is 0.410 e. The molecule has 0 N–H and O–H groups in total. The van der Waals surface area contributed by atoms with Gasteiger partial charge in [-0.25, -0.2) is 4.79 Å². The van der Waals surface area contributed by atoms with Crippen LogP contribution in [0.4, 0.5) is 4.79 Å². The summed E-state index contributed by atoms with van der Waals surface area (Å²) in [7, 11) is 0. The van der Waals surface area contributed by atoms with Crippen LogP contribution in [0.25, 0.3) is 0 Å². The fourth-order valence-electron chi connectivity index (χ4n) is 2.14. The largest absolute Gasteiger partial charge is 0.444 e. The lowest BCUT2D eigenvalue weighted by molar-refractivity contribution is -0.117. The van der Waals surface area contributed by atoms with Crippen molar-refractivity contribution in [3.05, 3.63) is 12.2 Å². The molecule has 16 heavy (non-hydrogen) atoms. The lowest BCUT2D eigenvalue weighted by Gasteiger charge is -2.24. The molecule has 4 heteroatoms. The van der Waals surface area contributed by atoms with Gasteiger partial charge in [0, 0.05) is 24.9 Å². The summed E-state index contributed by atoms with van der Waals surface area (Å²) in [6.07, 6.45) is 3.21. The molecule has 0 bridgehead atoms. The van der Waals surface area contributed by atoms with Crippen LogP contribution in [0.2, 0.25) is 0 Å². The van der Waals surface area contributed by atoms with Gasteiger partial charge in [-0.15, -0.1) is 0 Å².